The normalized spacial score (nSPS) is 20.5. The maximum absolute atomic E-state index is 12.2. The average Bonchev–Trinajstić information content (AvgIpc) is 2.87. The molecule has 0 amide bonds. The molecule has 0 aliphatic heterocycles. The van der Waals surface area contributed by atoms with Crippen LogP contribution in [0.5, 0.6) is 0 Å². The largest absolute Gasteiger partial charge is 0.461 e. The maximum atomic E-state index is 12.2. The number of allylic oxidation sites excluding steroid dienone is 9. The van der Waals surface area contributed by atoms with Crippen LogP contribution in [0.15, 0.2) is 59.8 Å². The van der Waals surface area contributed by atoms with Gasteiger partial charge in [-0.1, -0.05) is 95.4 Å². The Labute approximate surface area is 221 Å². The number of carbonyl (C=O) groups is 2. The molecule has 202 valence electrons. The lowest BCUT2D eigenvalue weighted by Crippen LogP contribution is -2.10. The molecule has 0 aromatic heterocycles. The van der Waals surface area contributed by atoms with Gasteiger partial charge in [0.15, 0.2) is 5.78 Å². The van der Waals surface area contributed by atoms with Crippen LogP contribution in [0.3, 0.4) is 0 Å². The fourth-order valence-electron chi connectivity index (χ4n) is 4.04. The van der Waals surface area contributed by atoms with E-state index in [1.807, 2.05) is 19.1 Å². The molecule has 0 unspecified atom stereocenters. The summed E-state index contributed by atoms with van der Waals surface area (Å²) in [6.07, 6.45) is 32.9. The maximum Gasteiger partial charge on any atom is 0.306 e. The van der Waals surface area contributed by atoms with Gasteiger partial charge >= 0.3 is 5.97 Å². The third-order valence-electron chi connectivity index (χ3n) is 6.66. The van der Waals surface area contributed by atoms with Gasteiger partial charge in [-0.25, -0.2) is 0 Å². The van der Waals surface area contributed by atoms with Crippen LogP contribution in [0.4, 0.5) is 0 Å². The molecule has 0 heterocycles. The van der Waals surface area contributed by atoms with E-state index in [1.165, 1.54) is 44.9 Å². The predicted octanol–water partition coefficient (Wildman–Crippen LogP) is 9.55. The Morgan fingerprint density at radius 2 is 1.61 bits per heavy atom. The molecule has 3 heteroatoms. The van der Waals surface area contributed by atoms with Crippen LogP contribution in [0.1, 0.15) is 124 Å². The zero-order chi connectivity index (χ0) is 26.5. The van der Waals surface area contributed by atoms with Crippen molar-refractivity contribution in [3.8, 4) is 0 Å². The van der Waals surface area contributed by atoms with Crippen LogP contribution in [0.2, 0.25) is 0 Å². The minimum absolute atomic E-state index is 0.0790. The SMILES string of the molecule is CCCCC/C=C\C/C=C\CCCCCCCC(=O)OC/C1=C\CC(C)(C)/C=C/C(=O)/C(C)=C/CC1. The van der Waals surface area contributed by atoms with Gasteiger partial charge in [-0.3, -0.25) is 9.59 Å². The molecule has 0 N–H and O–H groups in total. The molecule has 0 fully saturated rings. The average molecular weight is 497 g/mol. The van der Waals surface area contributed by atoms with Crippen LogP contribution >= 0.6 is 0 Å². The van der Waals surface area contributed by atoms with Gasteiger partial charge in [0, 0.05) is 6.42 Å². The highest BCUT2D eigenvalue weighted by Crippen LogP contribution is 2.25. The summed E-state index contributed by atoms with van der Waals surface area (Å²) in [6, 6.07) is 0. The van der Waals surface area contributed by atoms with Crippen LogP contribution in [-0.4, -0.2) is 18.4 Å². The summed E-state index contributed by atoms with van der Waals surface area (Å²) in [5, 5.41) is 0. The van der Waals surface area contributed by atoms with E-state index >= 15 is 0 Å². The Bertz CT molecular complexity index is 777. The van der Waals surface area contributed by atoms with Crippen LogP contribution in [0.25, 0.3) is 0 Å². The third-order valence-corrected chi connectivity index (χ3v) is 6.66. The first-order valence-electron chi connectivity index (χ1n) is 14.4. The van der Waals surface area contributed by atoms with Gasteiger partial charge in [0.2, 0.25) is 0 Å². The van der Waals surface area contributed by atoms with Crippen molar-refractivity contribution in [2.45, 2.75) is 124 Å². The molecule has 0 aromatic carbocycles. The standard InChI is InChI=1S/C33H52O3/c1-5-6-7-8-9-10-11-12-13-14-15-16-17-18-19-23-32(35)36-28-30-22-20-21-29(2)31(34)25-27-33(3,4)26-24-30/h9-10,12-13,21,24-25,27H,5-8,11,14-20,22-23,26,28H2,1-4H3/b10-9-,13-12-,27-25+,29-21+,30-24-. The number of hydrogen-bond donors (Lipinski definition) is 0. The first-order chi connectivity index (χ1) is 17.3. The van der Waals surface area contributed by atoms with Crippen molar-refractivity contribution in [2.24, 2.45) is 5.41 Å². The van der Waals surface area contributed by atoms with Crippen molar-refractivity contribution < 1.29 is 14.3 Å². The van der Waals surface area contributed by atoms with Crippen LogP contribution in [-0.2, 0) is 14.3 Å². The topological polar surface area (TPSA) is 43.4 Å². The Morgan fingerprint density at radius 1 is 0.944 bits per heavy atom. The number of carbonyl (C=O) groups excluding carboxylic acids is 2. The summed E-state index contributed by atoms with van der Waals surface area (Å²) >= 11 is 0. The Hall–Kier alpha value is -2.16. The van der Waals surface area contributed by atoms with Gasteiger partial charge in [-0.15, -0.1) is 0 Å². The molecule has 1 aliphatic carbocycles. The van der Waals surface area contributed by atoms with Gasteiger partial charge in [-0.2, -0.15) is 0 Å². The van der Waals surface area contributed by atoms with E-state index in [2.05, 4.69) is 51.2 Å². The van der Waals surface area contributed by atoms with E-state index in [0.717, 1.165) is 56.1 Å². The van der Waals surface area contributed by atoms with E-state index < -0.39 is 0 Å². The van der Waals surface area contributed by atoms with E-state index in [9.17, 15) is 9.59 Å². The second-order valence-electron chi connectivity index (χ2n) is 10.8. The summed E-state index contributed by atoms with van der Waals surface area (Å²) < 4.78 is 5.59. The molecule has 0 radical (unpaired) electrons. The Morgan fingerprint density at radius 3 is 2.33 bits per heavy atom. The molecule has 0 aromatic rings. The van der Waals surface area contributed by atoms with Crippen LogP contribution < -0.4 is 0 Å². The molecule has 0 spiro atoms. The zero-order valence-electron chi connectivity index (χ0n) is 23.7. The van der Waals surface area contributed by atoms with Gasteiger partial charge < -0.3 is 4.74 Å². The van der Waals surface area contributed by atoms with E-state index in [1.54, 1.807) is 6.08 Å². The second-order valence-corrected chi connectivity index (χ2v) is 10.8. The summed E-state index contributed by atoms with van der Waals surface area (Å²) in [6.45, 7) is 8.72. The minimum Gasteiger partial charge on any atom is -0.461 e. The third kappa shape index (κ3) is 17.3. The number of hydrogen-bond acceptors (Lipinski definition) is 3. The number of esters is 1. The smallest absolute Gasteiger partial charge is 0.306 e. The first kappa shape index (κ1) is 31.9. The van der Waals surface area contributed by atoms with Gasteiger partial charge in [-0.05, 0) is 87.3 Å². The summed E-state index contributed by atoms with van der Waals surface area (Å²) in [4.78, 5) is 24.4. The van der Waals surface area contributed by atoms with Crippen LogP contribution in [0, 0.1) is 5.41 Å². The van der Waals surface area contributed by atoms with Gasteiger partial charge in [0.25, 0.3) is 0 Å². The summed E-state index contributed by atoms with van der Waals surface area (Å²) in [5.74, 6) is -0.0210. The summed E-state index contributed by atoms with van der Waals surface area (Å²) in [7, 11) is 0. The summed E-state index contributed by atoms with van der Waals surface area (Å²) in [5.41, 5.74) is 1.82. The molecule has 1 aliphatic rings. The van der Waals surface area contributed by atoms with Crippen molar-refractivity contribution >= 4 is 11.8 Å². The van der Waals surface area contributed by atoms with Crippen molar-refractivity contribution in [2.75, 3.05) is 6.61 Å². The van der Waals surface area contributed by atoms with Gasteiger partial charge in [0.1, 0.15) is 6.61 Å². The lowest BCUT2D eigenvalue weighted by atomic mass is 9.87. The molecule has 36 heavy (non-hydrogen) atoms. The van der Waals surface area contributed by atoms with E-state index in [0.29, 0.717) is 13.0 Å². The highest BCUT2D eigenvalue weighted by Gasteiger charge is 2.15. The van der Waals surface area contributed by atoms with Crippen molar-refractivity contribution in [3.05, 3.63) is 59.8 Å². The highest BCUT2D eigenvalue weighted by atomic mass is 16.5. The van der Waals surface area contributed by atoms with Gasteiger partial charge in [0.05, 0.1) is 0 Å². The molecule has 0 saturated heterocycles. The molecule has 3 nitrogen and oxygen atoms in total. The Balaban J connectivity index is 2.17. The number of rotatable bonds is 16. The zero-order valence-corrected chi connectivity index (χ0v) is 23.7. The monoisotopic (exact) mass is 496 g/mol. The first-order valence-corrected chi connectivity index (χ1v) is 14.4. The van der Waals surface area contributed by atoms with Crippen molar-refractivity contribution in [1.29, 1.82) is 0 Å². The quantitative estimate of drug-likeness (QED) is 0.121. The molecular formula is C33H52O3. The number of ketones is 1. The molecule has 0 bridgehead atoms. The number of unbranched alkanes of at least 4 members (excludes halogenated alkanes) is 8. The fourth-order valence-corrected chi connectivity index (χ4v) is 4.04. The fraction of sp³-hybridized carbons (Fsp3) is 0.636. The number of ether oxygens (including phenoxy) is 1. The lowest BCUT2D eigenvalue weighted by Gasteiger charge is -2.18. The van der Waals surface area contributed by atoms with E-state index in [4.69, 9.17) is 4.74 Å². The second kappa shape index (κ2) is 20.0. The van der Waals surface area contributed by atoms with Crippen molar-refractivity contribution in [3.63, 3.8) is 0 Å². The highest BCUT2D eigenvalue weighted by molar-refractivity contribution is 6.03. The molecule has 1 rings (SSSR count). The molecular weight excluding hydrogens is 444 g/mol. The predicted molar refractivity (Wildman–Crippen MR) is 154 cm³/mol. The lowest BCUT2D eigenvalue weighted by molar-refractivity contribution is -0.142. The Kier molecular flexibility index (Phi) is 17.7. The van der Waals surface area contributed by atoms with E-state index in [-0.39, 0.29) is 17.2 Å². The molecule has 0 saturated carbocycles. The molecule has 0 atom stereocenters. The van der Waals surface area contributed by atoms with Crippen molar-refractivity contribution in [1.82, 2.24) is 0 Å². The minimum atomic E-state index is -0.101.